The molecule has 0 saturated carbocycles. The molecule has 4 aromatic heterocycles. The largest absolute Gasteiger partial charge is 0.307 e. The van der Waals surface area contributed by atoms with Crippen molar-refractivity contribution >= 4 is 65.4 Å². The minimum absolute atomic E-state index is 0.563. The predicted molar refractivity (Wildman–Crippen MR) is 234 cm³/mol. The molecule has 0 bridgehead atoms. The lowest BCUT2D eigenvalue weighted by Crippen LogP contribution is -2.07. The molecular weight excluding hydrogens is 697 g/mol. The molecule has 0 N–H and O–H groups in total. The molecule has 6 nitrogen and oxygen atoms in total. The fourth-order valence-corrected chi connectivity index (χ4v) is 8.90. The van der Waals surface area contributed by atoms with Gasteiger partial charge in [0, 0.05) is 49.1 Å². The van der Waals surface area contributed by atoms with E-state index in [1.165, 1.54) is 21.5 Å². The van der Waals surface area contributed by atoms with Crippen molar-refractivity contribution in [2.24, 2.45) is 0 Å². The highest BCUT2D eigenvalue weighted by Gasteiger charge is 2.27. The summed E-state index contributed by atoms with van der Waals surface area (Å²) < 4.78 is 7.14. The van der Waals surface area contributed by atoms with Crippen LogP contribution in [-0.2, 0) is 0 Å². The average Bonchev–Trinajstić information content (AvgIpc) is 3.93. The Balaban J connectivity index is 1.31. The van der Waals surface area contributed by atoms with E-state index in [-0.39, 0.29) is 0 Å². The minimum Gasteiger partial charge on any atom is -0.307 e. The van der Waals surface area contributed by atoms with Gasteiger partial charge in [-0.1, -0.05) is 152 Å². The first kappa shape index (κ1) is 31.5. The average molecular weight is 729 g/mol. The molecule has 0 spiro atoms. The maximum absolute atomic E-state index is 5.29. The van der Waals surface area contributed by atoms with Crippen molar-refractivity contribution in [3.8, 4) is 40.1 Å². The van der Waals surface area contributed by atoms with Crippen LogP contribution in [0.15, 0.2) is 194 Å². The van der Waals surface area contributed by atoms with Gasteiger partial charge in [-0.25, -0.2) is 4.98 Å². The van der Waals surface area contributed by atoms with Gasteiger partial charge in [0.2, 0.25) is 5.95 Å². The number of nitrogens with zero attached hydrogens (tertiary/aromatic N) is 6. The van der Waals surface area contributed by atoms with Gasteiger partial charge in [0.1, 0.15) is 0 Å². The van der Waals surface area contributed by atoms with E-state index in [4.69, 9.17) is 15.0 Å². The topological polar surface area (TPSA) is 53.5 Å². The van der Waals surface area contributed by atoms with Crippen LogP contribution in [0.4, 0.5) is 0 Å². The Morgan fingerprint density at radius 2 is 0.737 bits per heavy atom. The van der Waals surface area contributed by atoms with E-state index in [0.29, 0.717) is 17.6 Å². The van der Waals surface area contributed by atoms with E-state index in [1.54, 1.807) is 0 Å². The Labute approximate surface area is 327 Å². The molecule has 12 rings (SSSR count). The molecule has 0 atom stereocenters. The molecule has 0 aliphatic heterocycles. The summed E-state index contributed by atoms with van der Waals surface area (Å²) >= 11 is 0. The molecule has 0 amide bonds. The second-order valence-corrected chi connectivity index (χ2v) is 14.4. The summed E-state index contributed by atoms with van der Waals surface area (Å²) in [5.41, 5.74) is 10.6. The number of fused-ring (bicyclic) bond motifs is 10. The van der Waals surface area contributed by atoms with Crippen molar-refractivity contribution in [1.82, 2.24) is 28.7 Å². The van der Waals surface area contributed by atoms with Crippen LogP contribution in [0, 0.1) is 0 Å². The second-order valence-electron chi connectivity index (χ2n) is 14.4. The summed E-state index contributed by atoms with van der Waals surface area (Å²) in [6, 6.07) is 68.4. The van der Waals surface area contributed by atoms with Gasteiger partial charge in [-0.15, -0.1) is 0 Å². The second kappa shape index (κ2) is 12.3. The molecule has 8 aromatic carbocycles. The van der Waals surface area contributed by atoms with Crippen LogP contribution >= 0.6 is 0 Å². The third-order valence-electron chi connectivity index (χ3n) is 11.3. The summed E-state index contributed by atoms with van der Waals surface area (Å²) in [6.45, 7) is 0. The van der Waals surface area contributed by atoms with Crippen LogP contribution in [0.1, 0.15) is 0 Å². The van der Waals surface area contributed by atoms with Crippen LogP contribution in [0.5, 0.6) is 0 Å². The van der Waals surface area contributed by atoms with Gasteiger partial charge < -0.3 is 9.13 Å². The lowest BCUT2D eigenvalue weighted by molar-refractivity contribution is 0.953. The molecule has 266 valence electrons. The predicted octanol–water partition coefficient (Wildman–Crippen LogP) is 12.5. The molecule has 0 unspecified atom stereocenters. The van der Waals surface area contributed by atoms with Gasteiger partial charge in [0.05, 0.1) is 38.8 Å². The van der Waals surface area contributed by atoms with Crippen LogP contribution in [0.25, 0.3) is 106 Å². The van der Waals surface area contributed by atoms with E-state index in [1.807, 2.05) is 36.4 Å². The summed E-state index contributed by atoms with van der Waals surface area (Å²) in [7, 11) is 0. The van der Waals surface area contributed by atoms with Crippen molar-refractivity contribution in [3.63, 3.8) is 0 Å². The fourth-order valence-electron chi connectivity index (χ4n) is 8.90. The number of hydrogen-bond donors (Lipinski definition) is 0. The van der Waals surface area contributed by atoms with Gasteiger partial charge in [-0.2, -0.15) is 9.97 Å². The third kappa shape index (κ3) is 4.68. The molecule has 0 aliphatic carbocycles. The van der Waals surface area contributed by atoms with E-state index >= 15 is 0 Å². The molecule has 0 radical (unpaired) electrons. The highest BCUT2D eigenvalue weighted by atomic mass is 15.2. The first-order valence-corrected chi connectivity index (χ1v) is 19.2. The minimum atomic E-state index is 0.563. The molecular formula is C51H32N6. The third-order valence-corrected chi connectivity index (χ3v) is 11.3. The van der Waals surface area contributed by atoms with E-state index in [9.17, 15) is 0 Å². The lowest BCUT2D eigenvalue weighted by atomic mass is 10.0. The summed E-state index contributed by atoms with van der Waals surface area (Å²) in [4.78, 5) is 15.6. The van der Waals surface area contributed by atoms with Gasteiger partial charge in [-0.05, 0) is 42.5 Å². The normalized spacial score (nSPS) is 11.9. The number of benzene rings is 8. The fraction of sp³-hybridized carbons (Fsp3) is 0. The number of hydrogen-bond acceptors (Lipinski definition) is 3. The van der Waals surface area contributed by atoms with Crippen molar-refractivity contribution in [2.45, 2.75) is 0 Å². The first-order valence-electron chi connectivity index (χ1n) is 19.2. The quantitative estimate of drug-likeness (QED) is 0.177. The van der Waals surface area contributed by atoms with Crippen LogP contribution in [0.3, 0.4) is 0 Å². The Bertz CT molecular complexity index is 3390. The molecule has 4 heterocycles. The van der Waals surface area contributed by atoms with Crippen LogP contribution in [-0.4, -0.2) is 28.7 Å². The Kier molecular flexibility index (Phi) is 6.83. The van der Waals surface area contributed by atoms with Gasteiger partial charge in [-0.3, -0.25) is 4.57 Å². The number of aromatic nitrogens is 6. The van der Waals surface area contributed by atoms with Gasteiger partial charge in [0.25, 0.3) is 0 Å². The summed E-state index contributed by atoms with van der Waals surface area (Å²) in [5, 5.41) is 7.06. The Morgan fingerprint density at radius 1 is 0.316 bits per heavy atom. The molecule has 57 heavy (non-hydrogen) atoms. The standard InChI is InChI=1S/C51H32N6/c1-4-18-33(19-5-1)49-52-50(34-20-6-2-7-21-34)54-51(53-49)57-43-31-17-12-26-38(43)46-44(57)32-45(56-40-28-14-10-24-36(40)37-25-11-15-29-41(37)56)48-47(46)39-27-13-16-30-42(39)55(48)35-22-8-3-9-23-35/h1-32H. The first-order chi connectivity index (χ1) is 28.3. The molecule has 0 saturated heterocycles. The van der Waals surface area contributed by atoms with Crippen molar-refractivity contribution < 1.29 is 0 Å². The van der Waals surface area contributed by atoms with Crippen molar-refractivity contribution in [2.75, 3.05) is 0 Å². The van der Waals surface area contributed by atoms with Crippen molar-refractivity contribution in [1.29, 1.82) is 0 Å². The number of rotatable bonds is 5. The number of para-hydroxylation sites is 5. The lowest BCUT2D eigenvalue weighted by Gasteiger charge is -2.16. The van der Waals surface area contributed by atoms with E-state index < -0.39 is 0 Å². The highest BCUT2D eigenvalue weighted by molar-refractivity contribution is 6.31. The van der Waals surface area contributed by atoms with E-state index in [0.717, 1.165) is 66.4 Å². The Morgan fingerprint density at radius 3 is 1.28 bits per heavy atom. The highest BCUT2D eigenvalue weighted by Crippen LogP contribution is 2.46. The van der Waals surface area contributed by atoms with Gasteiger partial charge >= 0.3 is 0 Å². The zero-order valence-corrected chi connectivity index (χ0v) is 30.7. The maximum atomic E-state index is 5.29. The zero-order chi connectivity index (χ0) is 37.5. The van der Waals surface area contributed by atoms with Crippen molar-refractivity contribution in [3.05, 3.63) is 194 Å². The maximum Gasteiger partial charge on any atom is 0.238 e. The summed E-state index contributed by atoms with van der Waals surface area (Å²) in [5.74, 6) is 1.80. The Hall–Kier alpha value is -7.83. The van der Waals surface area contributed by atoms with E-state index in [2.05, 4.69) is 171 Å². The van der Waals surface area contributed by atoms with Crippen LogP contribution < -0.4 is 0 Å². The zero-order valence-electron chi connectivity index (χ0n) is 30.7. The monoisotopic (exact) mass is 728 g/mol. The van der Waals surface area contributed by atoms with Gasteiger partial charge in [0.15, 0.2) is 11.6 Å². The molecule has 0 aliphatic rings. The summed E-state index contributed by atoms with van der Waals surface area (Å²) in [6.07, 6.45) is 0. The molecule has 0 fully saturated rings. The molecule has 12 aromatic rings. The smallest absolute Gasteiger partial charge is 0.238 e. The SMILES string of the molecule is c1ccc(-c2nc(-c3ccccc3)nc(-n3c4ccccc4c4c5c6ccccc6n(-c6ccccc6)c5c(-n5c6ccccc6c6ccccc65)cc43)n2)cc1. The molecule has 6 heteroatoms. The van der Waals surface area contributed by atoms with Crippen LogP contribution in [0.2, 0.25) is 0 Å².